The lowest BCUT2D eigenvalue weighted by Gasteiger charge is -2.22. The lowest BCUT2D eigenvalue weighted by molar-refractivity contribution is 0.193. The minimum Gasteiger partial charge on any atom is -0.496 e. The van der Waals surface area contributed by atoms with Crippen LogP contribution in [0, 0.1) is 0 Å². The van der Waals surface area contributed by atoms with Crippen LogP contribution in [0.3, 0.4) is 0 Å². The van der Waals surface area contributed by atoms with Crippen molar-refractivity contribution >= 4 is 23.3 Å². The minimum atomic E-state index is -0.297. The molecule has 1 atom stereocenters. The number of urea groups is 1. The number of amides is 2. The molecular formula is C21H21ClN4O4. The van der Waals surface area contributed by atoms with Crippen molar-refractivity contribution in [3.8, 4) is 22.9 Å². The van der Waals surface area contributed by atoms with E-state index < -0.39 is 0 Å². The Morgan fingerprint density at radius 3 is 2.77 bits per heavy atom. The van der Waals surface area contributed by atoms with Crippen LogP contribution < -0.4 is 14.8 Å². The molecule has 1 fully saturated rings. The Kier molecular flexibility index (Phi) is 5.76. The molecule has 0 radical (unpaired) electrons. The smallest absolute Gasteiger partial charge is 0.322 e. The van der Waals surface area contributed by atoms with Gasteiger partial charge in [0.15, 0.2) is 0 Å². The van der Waals surface area contributed by atoms with Gasteiger partial charge in [0.1, 0.15) is 17.5 Å². The van der Waals surface area contributed by atoms with E-state index in [0.717, 1.165) is 18.4 Å². The molecular weight excluding hydrogens is 408 g/mol. The first-order valence-corrected chi connectivity index (χ1v) is 9.86. The zero-order chi connectivity index (χ0) is 21.1. The van der Waals surface area contributed by atoms with Gasteiger partial charge in [0, 0.05) is 12.2 Å². The van der Waals surface area contributed by atoms with Gasteiger partial charge >= 0.3 is 6.03 Å². The van der Waals surface area contributed by atoms with Crippen molar-refractivity contribution in [3.63, 3.8) is 0 Å². The summed E-state index contributed by atoms with van der Waals surface area (Å²) in [6.07, 6.45) is 1.58. The van der Waals surface area contributed by atoms with Crippen LogP contribution in [0.25, 0.3) is 11.4 Å². The first kappa shape index (κ1) is 20.0. The first-order chi connectivity index (χ1) is 14.6. The summed E-state index contributed by atoms with van der Waals surface area (Å²) in [5.74, 6) is 2.03. The zero-order valence-electron chi connectivity index (χ0n) is 16.6. The highest BCUT2D eigenvalue weighted by atomic mass is 35.5. The molecule has 3 aromatic rings. The van der Waals surface area contributed by atoms with E-state index in [1.165, 1.54) is 7.11 Å². The number of carbonyl (C=O) groups is 1. The monoisotopic (exact) mass is 428 g/mol. The molecule has 8 nitrogen and oxygen atoms in total. The second-order valence-electron chi connectivity index (χ2n) is 6.79. The van der Waals surface area contributed by atoms with Crippen LogP contribution in [-0.4, -0.2) is 41.8 Å². The van der Waals surface area contributed by atoms with E-state index in [9.17, 15) is 4.79 Å². The van der Waals surface area contributed by atoms with Gasteiger partial charge in [0.2, 0.25) is 11.7 Å². The number of para-hydroxylation sites is 1. The minimum absolute atomic E-state index is 0.254. The topological polar surface area (TPSA) is 89.7 Å². The molecule has 2 amide bonds. The largest absolute Gasteiger partial charge is 0.496 e. The summed E-state index contributed by atoms with van der Waals surface area (Å²) in [6.45, 7) is 0.590. The molecule has 4 rings (SSSR count). The maximum atomic E-state index is 12.9. The van der Waals surface area contributed by atoms with Crippen LogP contribution in [0.5, 0.6) is 11.5 Å². The second kappa shape index (κ2) is 8.62. The van der Waals surface area contributed by atoms with Crippen LogP contribution in [0.4, 0.5) is 10.5 Å². The molecule has 1 aromatic heterocycles. The molecule has 156 valence electrons. The van der Waals surface area contributed by atoms with Crippen molar-refractivity contribution in [2.75, 3.05) is 26.1 Å². The molecule has 1 N–H and O–H groups in total. The van der Waals surface area contributed by atoms with Gasteiger partial charge in [0.05, 0.1) is 24.8 Å². The molecule has 0 spiro atoms. The predicted octanol–water partition coefficient (Wildman–Crippen LogP) is 4.78. The van der Waals surface area contributed by atoms with Crippen LogP contribution >= 0.6 is 11.6 Å². The molecule has 0 unspecified atom stereocenters. The fraction of sp³-hybridized carbons (Fsp3) is 0.286. The Morgan fingerprint density at radius 1 is 1.20 bits per heavy atom. The van der Waals surface area contributed by atoms with Crippen LogP contribution in [0.1, 0.15) is 24.8 Å². The number of anilines is 1. The number of methoxy groups -OCH3 is 2. The molecule has 0 aliphatic carbocycles. The highest BCUT2D eigenvalue weighted by Crippen LogP contribution is 2.34. The number of aromatic nitrogens is 2. The van der Waals surface area contributed by atoms with Gasteiger partial charge < -0.3 is 24.2 Å². The molecule has 0 saturated carbocycles. The van der Waals surface area contributed by atoms with E-state index in [1.807, 2.05) is 24.3 Å². The number of hydrogen-bond donors (Lipinski definition) is 1. The van der Waals surface area contributed by atoms with Gasteiger partial charge in [-0.25, -0.2) is 4.79 Å². The van der Waals surface area contributed by atoms with Gasteiger partial charge in [-0.15, -0.1) is 0 Å². The summed E-state index contributed by atoms with van der Waals surface area (Å²) in [4.78, 5) is 19.1. The quantitative estimate of drug-likeness (QED) is 0.629. The van der Waals surface area contributed by atoms with Gasteiger partial charge in [-0.2, -0.15) is 4.98 Å². The first-order valence-electron chi connectivity index (χ1n) is 9.49. The molecule has 2 aromatic carbocycles. The summed E-state index contributed by atoms with van der Waals surface area (Å²) < 4.78 is 16.0. The molecule has 30 heavy (non-hydrogen) atoms. The van der Waals surface area contributed by atoms with Gasteiger partial charge in [-0.3, -0.25) is 0 Å². The van der Waals surface area contributed by atoms with E-state index in [1.54, 1.807) is 30.2 Å². The lowest BCUT2D eigenvalue weighted by atomic mass is 10.2. The third-order valence-electron chi connectivity index (χ3n) is 4.99. The highest BCUT2D eigenvalue weighted by Gasteiger charge is 2.34. The number of halogens is 1. The average molecular weight is 429 g/mol. The maximum Gasteiger partial charge on any atom is 0.322 e. The number of carbonyl (C=O) groups excluding carboxylic acids is 1. The van der Waals surface area contributed by atoms with Crippen molar-refractivity contribution in [2.24, 2.45) is 0 Å². The molecule has 9 heteroatoms. The summed E-state index contributed by atoms with van der Waals surface area (Å²) in [6, 6.07) is 12.0. The summed E-state index contributed by atoms with van der Waals surface area (Å²) in [7, 11) is 3.13. The number of ether oxygens (including phenoxy) is 2. The number of nitrogens with zero attached hydrogens (tertiary/aromatic N) is 3. The Bertz CT molecular complexity index is 1050. The standard InChI is InChI=1S/C21H21ClN4O4/c1-28-17-8-4-3-6-14(17)19-24-20(30-25-19)16-7-5-11-26(16)21(27)23-13-9-10-18(29-2)15(22)12-13/h3-4,6,8-10,12,16H,5,7,11H2,1-2H3,(H,23,27)/t16-/m0/s1. The van der Waals surface area contributed by atoms with Crippen molar-refractivity contribution in [2.45, 2.75) is 18.9 Å². The summed E-state index contributed by atoms with van der Waals surface area (Å²) in [5.41, 5.74) is 1.31. The maximum absolute atomic E-state index is 12.9. The number of likely N-dealkylation sites (tertiary alicyclic amines) is 1. The van der Waals surface area contributed by atoms with Crippen LogP contribution in [0.2, 0.25) is 5.02 Å². The van der Waals surface area contributed by atoms with E-state index in [2.05, 4.69) is 15.5 Å². The fourth-order valence-electron chi connectivity index (χ4n) is 3.52. The van der Waals surface area contributed by atoms with E-state index in [-0.39, 0.29) is 12.1 Å². The normalized spacial score (nSPS) is 15.8. The Hall–Kier alpha value is -3.26. The Balaban J connectivity index is 1.52. The molecule has 2 heterocycles. The van der Waals surface area contributed by atoms with Crippen molar-refractivity contribution < 1.29 is 18.8 Å². The average Bonchev–Trinajstić information content (AvgIpc) is 3.43. The predicted molar refractivity (Wildman–Crippen MR) is 112 cm³/mol. The third-order valence-corrected chi connectivity index (χ3v) is 5.29. The zero-order valence-corrected chi connectivity index (χ0v) is 17.3. The SMILES string of the molecule is COc1ccc(NC(=O)N2CCC[C@H]2c2nc(-c3ccccc3OC)no2)cc1Cl. The van der Waals surface area contributed by atoms with E-state index in [4.69, 9.17) is 25.6 Å². The fourth-order valence-corrected chi connectivity index (χ4v) is 3.77. The van der Waals surface area contributed by atoms with Gasteiger partial charge in [0.25, 0.3) is 0 Å². The number of nitrogens with one attached hydrogen (secondary N) is 1. The van der Waals surface area contributed by atoms with Crippen molar-refractivity contribution in [1.82, 2.24) is 15.0 Å². The van der Waals surface area contributed by atoms with Gasteiger partial charge in [-0.1, -0.05) is 28.9 Å². The number of hydrogen-bond acceptors (Lipinski definition) is 6. The highest BCUT2D eigenvalue weighted by molar-refractivity contribution is 6.32. The van der Waals surface area contributed by atoms with Crippen molar-refractivity contribution in [3.05, 3.63) is 53.4 Å². The summed E-state index contributed by atoms with van der Waals surface area (Å²) >= 11 is 6.15. The second-order valence-corrected chi connectivity index (χ2v) is 7.19. The summed E-state index contributed by atoms with van der Waals surface area (Å²) in [5, 5.41) is 7.38. The molecule has 0 bridgehead atoms. The lowest BCUT2D eigenvalue weighted by Crippen LogP contribution is -2.34. The molecule has 1 aliphatic heterocycles. The Labute approximate surface area is 178 Å². The number of rotatable bonds is 5. The third kappa shape index (κ3) is 3.91. The van der Waals surface area contributed by atoms with Crippen LogP contribution in [-0.2, 0) is 0 Å². The van der Waals surface area contributed by atoms with Crippen molar-refractivity contribution in [1.29, 1.82) is 0 Å². The molecule has 1 aliphatic rings. The Morgan fingerprint density at radius 2 is 2.00 bits per heavy atom. The number of benzene rings is 2. The van der Waals surface area contributed by atoms with E-state index >= 15 is 0 Å². The molecule has 1 saturated heterocycles. The van der Waals surface area contributed by atoms with E-state index in [0.29, 0.717) is 40.5 Å². The van der Waals surface area contributed by atoms with Gasteiger partial charge in [-0.05, 0) is 43.2 Å². The van der Waals surface area contributed by atoms with Crippen LogP contribution in [0.15, 0.2) is 47.0 Å².